The molecule has 92 valence electrons. The SMILES string of the molecule is CCCCCOC(=S)NC1C=CS(=O)(=O)C1. The maximum absolute atomic E-state index is 11.1. The van der Waals surface area contributed by atoms with E-state index in [1.807, 2.05) is 0 Å². The monoisotopic (exact) mass is 263 g/mol. The third-order valence-corrected chi connectivity index (χ3v) is 3.85. The number of ether oxygens (including phenoxy) is 1. The van der Waals surface area contributed by atoms with Crippen LogP contribution >= 0.6 is 12.2 Å². The fourth-order valence-corrected chi connectivity index (χ4v) is 2.85. The van der Waals surface area contributed by atoms with Crippen LogP contribution in [0.25, 0.3) is 0 Å². The first-order valence-corrected chi connectivity index (χ1v) is 7.50. The molecule has 0 aromatic heterocycles. The molecule has 4 nitrogen and oxygen atoms in total. The molecule has 1 rings (SSSR count). The van der Waals surface area contributed by atoms with Gasteiger partial charge in [-0.3, -0.25) is 0 Å². The molecule has 0 fully saturated rings. The van der Waals surface area contributed by atoms with Crippen molar-refractivity contribution in [2.45, 2.75) is 32.2 Å². The van der Waals surface area contributed by atoms with Crippen LogP contribution in [0.3, 0.4) is 0 Å². The minimum Gasteiger partial charge on any atom is -0.471 e. The van der Waals surface area contributed by atoms with Gasteiger partial charge < -0.3 is 10.1 Å². The van der Waals surface area contributed by atoms with Crippen molar-refractivity contribution in [2.24, 2.45) is 0 Å². The summed E-state index contributed by atoms with van der Waals surface area (Å²) in [4.78, 5) is 0. The van der Waals surface area contributed by atoms with Crippen LogP contribution in [0, 0.1) is 0 Å². The van der Waals surface area contributed by atoms with Crippen LogP contribution in [0.4, 0.5) is 0 Å². The third kappa shape index (κ3) is 4.94. The topological polar surface area (TPSA) is 55.4 Å². The Kier molecular flexibility index (Phi) is 5.21. The highest BCUT2D eigenvalue weighted by Crippen LogP contribution is 2.08. The summed E-state index contributed by atoms with van der Waals surface area (Å²) >= 11 is 4.95. The van der Waals surface area contributed by atoms with Gasteiger partial charge in [0.15, 0.2) is 9.84 Å². The zero-order valence-corrected chi connectivity index (χ0v) is 10.9. The number of rotatable bonds is 5. The predicted molar refractivity (Wildman–Crippen MR) is 67.9 cm³/mol. The second-order valence-electron chi connectivity index (χ2n) is 3.75. The molecule has 1 atom stereocenters. The number of nitrogens with one attached hydrogen (secondary N) is 1. The molecular weight excluding hydrogens is 246 g/mol. The molecular formula is C10H17NO3S2. The molecule has 1 heterocycles. The smallest absolute Gasteiger partial charge is 0.257 e. The molecule has 0 saturated heterocycles. The summed E-state index contributed by atoms with van der Waals surface area (Å²) in [6, 6.07) is -0.247. The zero-order chi connectivity index (χ0) is 12.0. The highest BCUT2D eigenvalue weighted by atomic mass is 32.2. The molecule has 0 amide bonds. The van der Waals surface area contributed by atoms with Gasteiger partial charge in [-0.05, 0) is 24.7 Å². The molecule has 16 heavy (non-hydrogen) atoms. The summed E-state index contributed by atoms with van der Waals surface area (Å²) in [5, 5.41) is 4.35. The summed E-state index contributed by atoms with van der Waals surface area (Å²) in [5.74, 6) is 0.0610. The Labute approximate surface area is 102 Å². The molecule has 0 radical (unpaired) electrons. The van der Waals surface area contributed by atoms with E-state index in [-0.39, 0.29) is 17.0 Å². The lowest BCUT2D eigenvalue weighted by Crippen LogP contribution is -2.35. The average Bonchev–Trinajstić information content (AvgIpc) is 2.53. The van der Waals surface area contributed by atoms with Gasteiger partial charge in [0.1, 0.15) is 0 Å². The zero-order valence-electron chi connectivity index (χ0n) is 9.31. The van der Waals surface area contributed by atoms with Crippen molar-refractivity contribution in [3.63, 3.8) is 0 Å². The maximum Gasteiger partial charge on any atom is 0.257 e. The Bertz CT molecular complexity index is 362. The molecule has 0 aromatic rings. The summed E-state index contributed by atoms with van der Waals surface area (Å²) in [6.45, 7) is 2.70. The van der Waals surface area contributed by atoms with Gasteiger partial charge in [-0.15, -0.1) is 0 Å². The van der Waals surface area contributed by atoms with Crippen molar-refractivity contribution < 1.29 is 13.2 Å². The van der Waals surface area contributed by atoms with Gasteiger partial charge in [0, 0.05) is 5.41 Å². The Morgan fingerprint density at radius 3 is 2.88 bits per heavy atom. The normalized spacial score (nSPS) is 21.9. The van der Waals surface area contributed by atoms with E-state index in [2.05, 4.69) is 12.2 Å². The van der Waals surface area contributed by atoms with Crippen LogP contribution in [-0.4, -0.2) is 32.0 Å². The van der Waals surface area contributed by atoms with Crippen molar-refractivity contribution in [2.75, 3.05) is 12.4 Å². The standard InChI is InChI=1S/C10H17NO3S2/c1-2-3-4-6-14-10(15)11-9-5-7-16(12,13)8-9/h5,7,9H,2-4,6,8H2,1H3,(H,11,15). The molecule has 0 spiro atoms. The average molecular weight is 263 g/mol. The van der Waals surface area contributed by atoms with E-state index in [9.17, 15) is 8.42 Å². The van der Waals surface area contributed by atoms with Crippen LogP contribution in [0.1, 0.15) is 26.2 Å². The molecule has 1 N–H and O–H groups in total. The first kappa shape index (κ1) is 13.4. The van der Waals surface area contributed by atoms with E-state index < -0.39 is 9.84 Å². The maximum atomic E-state index is 11.1. The minimum atomic E-state index is -3.03. The van der Waals surface area contributed by atoms with Gasteiger partial charge in [0.25, 0.3) is 5.17 Å². The highest BCUT2D eigenvalue weighted by molar-refractivity contribution is 7.94. The molecule has 0 aliphatic carbocycles. The summed E-state index contributed by atoms with van der Waals surface area (Å²) in [5.41, 5.74) is 0. The predicted octanol–water partition coefficient (Wildman–Crippen LogP) is 1.38. The van der Waals surface area contributed by atoms with Crippen LogP contribution in [0.5, 0.6) is 0 Å². The molecule has 0 aromatic carbocycles. The molecule has 0 bridgehead atoms. The van der Waals surface area contributed by atoms with Crippen molar-refractivity contribution in [3.8, 4) is 0 Å². The van der Waals surface area contributed by atoms with E-state index in [0.717, 1.165) is 19.3 Å². The molecule has 1 aliphatic heterocycles. The highest BCUT2D eigenvalue weighted by Gasteiger charge is 2.22. The molecule has 6 heteroatoms. The number of unbranched alkanes of at least 4 members (excludes halogenated alkanes) is 2. The van der Waals surface area contributed by atoms with Crippen molar-refractivity contribution >= 4 is 27.2 Å². The minimum absolute atomic E-state index is 0.0610. The van der Waals surface area contributed by atoms with Gasteiger partial charge >= 0.3 is 0 Å². The number of thiocarbonyl (C=S) groups is 1. The Hall–Kier alpha value is -0.620. The van der Waals surface area contributed by atoms with Crippen molar-refractivity contribution in [3.05, 3.63) is 11.5 Å². The second kappa shape index (κ2) is 6.20. The molecule has 0 saturated carbocycles. The van der Waals surface area contributed by atoms with Crippen LogP contribution in [0.2, 0.25) is 0 Å². The van der Waals surface area contributed by atoms with E-state index in [0.29, 0.717) is 6.61 Å². The lowest BCUT2D eigenvalue weighted by Gasteiger charge is -2.13. The quantitative estimate of drug-likeness (QED) is 0.600. The summed E-state index contributed by atoms with van der Waals surface area (Å²) in [6.07, 6.45) is 4.81. The molecule has 1 unspecified atom stereocenters. The Morgan fingerprint density at radius 2 is 2.31 bits per heavy atom. The Balaban J connectivity index is 2.18. The van der Waals surface area contributed by atoms with Crippen LogP contribution < -0.4 is 5.32 Å². The Morgan fingerprint density at radius 1 is 1.56 bits per heavy atom. The van der Waals surface area contributed by atoms with E-state index in [1.54, 1.807) is 6.08 Å². The summed E-state index contributed by atoms with van der Waals surface area (Å²) in [7, 11) is -3.03. The van der Waals surface area contributed by atoms with E-state index in [1.165, 1.54) is 5.41 Å². The van der Waals surface area contributed by atoms with Gasteiger partial charge in [-0.1, -0.05) is 19.8 Å². The third-order valence-electron chi connectivity index (χ3n) is 2.21. The number of hydrogen-bond donors (Lipinski definition) is 1. The first-order valence-electron chi connectivity index (χ1n) is 5.38. The fourth-order valence-electron chi connectivity index (χ4n) is 1.38. The van der Waals surface area contributed by atoms with Gasteiger partial charge in [0.05, 0.1) is 18.4 Å². The van der Waals surface area contributed by atoms with Gasteiger partial charge in [-0.2, -0.15) is 0 Å². The lowest BCUT2D eigenvalue weighted by molar-refractivity contribution is 0.286. The van der Waals surface area contributed by atoms with Crippen molar-refractivity contribution in [1.82, 2.24) is 5.32 Å². The van der Waals surface area contributed by atoms with Crippen molar-refractivity contribution in [1.29, 1.82) is 0 Å². The van der Waals surface area contributed by atoms with Crippen LogP contribution in [0.15, 0.2) is 11.5 Å². The number of sulfone groups is 1. The lowest BCUT2D eigenvalue weighted by atomic mass is 10.3. The van der Waals surface area contributed by atoms with Gasteiger partial charge in [0.2, 0.25) is 0 Å². The second-order valence-corrected chi connectivity index (χ2v) is 6.05. The van der Waals surface area contributed by atoms with Crippen LogP contribution in [-0.2, 0) is 14.6 Å². The van der Waals surface area contributed by atoms with Gasteiger partial charge in [-0.25, -0.2) is 8.42 Å². The number of hydrogen-bond acceptors (Lipinski definition) is 4. The molecule has 1 aliphatic rings. The summed E-state index contributed by atoms with van der Waals surface area (Å²) < 4.78 is 27.5. The fraction of sp³-hybridized carbons (Fsp3) is 0.700. The van der Waals surface area contributed by atoms with E-state index >= 15 is 0 Å². The first-order chi connectivity index (χ1) is 7.53. The van der Waals surface area contributed by atoms with E-state index in [4.69, 9.17) is 17.0 Å². The largest absolute Gasteiger partial charge is 0.471 e.